The van der Waals surface area contributed by atoms with E-state index in [1.54, 1.807) is 42.7 Å². The number of carbonyl (C=O) groups excluding carboxylic acids is 1. The van der Waals surface area contributed by atoms with Crippen LogP contribution in [0.25, 0.3) is 5.65 Å². The van der Waals surface area contributed by atoms with Gasteiger partial charge in [-0.25, -0.2) is 14.5 Å². The summed E-state index contributed by atoms with van der Waals surface area (Å²) in [5, 5.41) is 11.9. The van der Waals surface area contributed by atoms with E-state index in [0.29, 0.717) is 27.7 Å². The minimum atomic E-state index is -0.269. The summed E-state index contributed by atoms with van der Waals surface area (Å²) in [7, 11) is 0. The molecule has 4 heterocycles. The zero-order chi connectivity index (χ0) is 23.5. The zero-order valence-corrected chi connectivity index (χ0v) is 19.0. The van der Waals surface area contributed by atoms with Gasteiger partial charge in [-0.2, -0.15) is 0 Å². The first-order valence-corrected chi connectivity index (χ1v) is 11.5. The van der Waals surface area contributed by atoms with Crippen LogP contribution in [-0.4, -0.2) is 30.2 Å². The number of rotatable bonds is 7. The van der Waals surface area contributed by atoms with Crippen molar-refractivity contribution in [1.29, 1.82) is 0 Å². The minimum absolute atomic E-state index is 0.218. The molecule has 0 radical (unpaired) electrons. The van der Waals surface area contributed by atoms with E-state index in [1.807, 2.05) is 37.3 Å². The molecular formula is C24H20N6O3S. The van der Waals surface area contributed by atoms with Gasteiger partial charge in [-0.05, 0) is 48.9 Å². The van der Waals surface area contributed by atoms with E-state index in [2.05, 4.69) is 20.6 Å². The number of carbonyl (C=O) groups is 1. The van der Waals surface area contributed by atoms with Gasteiger partial charge < -0.3 is 9.84 Å². The zero-order valence-electron chi connectivity index (χ0n) is 18.2. The summed E-state index contributed by atoms with van der Waals surface area (Å²) in [4.78, 5) is 29.9. The molecule has 0 aliphatic heterocycles. The molecule has 0 aliphatic rings. The molecule has 0 fully saturated rings. The highest BCUT2D eigenvalue weighted by molar-refractivity contribution is 7.98. The fraction of sp³-hybridized carbons (Fsp3) is 0.125. The number of anilines is 1. The summed E-state index contributed by atoms with van der Waals surface area (Å²) in [6.07, 6.45) is 3.34. The van der Waals surface area contributed by atoms with E-state index in [9.17, 15) is 9.59 Å². The van der Waals surface area contributed by atoms with Gasteiger partial charge in [0.1, 0.15) is 10.8 Å². The highest BCUT2D eigenvalue weighted by atomic mass is 32.2. The number of pyridine rings is 2. The average Bonchev–Trinajstić information content (AvgIpc) is 3.41. The third-order valence-electron chi connectivity index (χ3n) is 5.05. The summed E-state index contributed by atoms with van der Waals surface area (Å²) in [6.45, 7) is 2.12. The van der Waals surface area contributed by atoms with Crippen molar-refractivity contribution in [1.82, 2.24) is 24.3 Å². The number of fused-ring (bicyclic) bond motifs is 1. The molecule has 10 heteroatoms. The predicted octanol–water partition coefficient (Wildman–Crippen LogP) is 3.78. The summed E-state index contributed by atoms with van der Waals surface area (Å²) < 4.78 is 7.99. The van der Waals surface area contributed by atoms with Gasteiger partial charge >= 0.3 is 5.69 Å². The Hall–Kier alpha value is -4.18. The van der Waals surface area contributed by atoms with Crippen LogP contribution in [0.4, 0.5) is 5.69 Å². The number of thioether (sulfide) groups is 1. The number of aromatic nitrogens is 5. The lowest BCUT2D eigenvalue weighted by molar-refractivity contribution is 0.102. The first-order valence-electron chi connectivity index (χ1n) is 10.5. The molecule has 0 bridgehead atoms. The number of benzene rings is 1. The topological polar surface area (TPSA) is 107 Å². The fourth-order valence-electron chi connectivity index (χ4n) is 3.50. The molecule has 5 rings (SSSR count). The summed E-state index contributed by atoms with van der Waals surface area (Å²) >= 11 is 1.42. The second-order valence-corrected chi connectivity index (χ2v) is 8.56. The number of amides is 1. The van der Waals surface area contributed by atoms with Gasteiger partial charge in [0.25, 0.3) is 5.91 Å². The largest absolute Gasteiger partial charge is 0.361 e. The van der Waals surface area contributed by atoms with Crippen LogP contribution in [0.3, 0.4) is 0 Å². The second-order valence-electron chi connectivity index (χ2n) is 7.60. The molecule has 34 heavy (non-hydrogen) atoms. The first kappa shape index (κ1) is 21.7. The van der Waals surface area contributed by atoms with Gasteiger partial charge in [-0.3, -0.25) is 9.20 Å². The van der Waals surface area contributed by atoms with Crippen molar-refractivity contribution in [3.63, 3.8) is 0 Å². The molecule has 5 aromatic rings. The number of nitrogens with zero attached hydrogens (tertiary/aromatic N) is 5. The van der Waals surface area contributed by atoms with E-state index < -0.39 is 0 Å². The van der Waals surface area contributed by atoms with Crippen molar-refractivity contribution < 1.29 is 9.32 Å². The Morgan fingerprint density at radius 2 is 2.03 bits per heavy atom. The number of hydrogen-bond acceptors (Lipinski definition) is 7. The maximum atomic E-state index is 13.0. The Kier molecular flexibility index (Phi) is 5.96. The second kappa shape index (κ2) is 9.36. The number of hydrogen-bond donors (Lipinski definition) is 1. The lowest BCUT2D eigenvalue weighted by Gasteiger charge is -2.10. The molecule has 0 atom stereocenters. The van der Waals surface area contributed by atoms with Crippen molar-refractivity contribution in [3.8, 4) is 0 Å². The molecule has 170 valence electrons. The van der Waals surface area contributed by atoms with E-state index >= 15 is 0 Å². The Bertz CT molecular complexity index is 1540. The third kappa shape index (κ3) is 4.62. The Balaban J connectivity index is 1.31. The minimum Gasteiger partial charge on any atom is -0.361 e. The van der Waals surface area contributed by atoms with Gasteiger partial charge in [0.05, 0.1) is 17.8 Å². The molecule has 0 spiro atoms. The van der Waals surface area contributed by atoms with E-state index in [-0.39, 0.29) is 18.1 Å². The van der Waals surface area contributed by atoms with Gasteiger partial charge in [0.15, 0.2) is 5.65 Å². The fourth-order valence-corrected chi connectivity index (χ4v) is 4.37. The van der Waals surface area contributed by atoms with Crippen molar-refractivity contribution in [2.45, 2.75) is 24.2 Å². The van der Waals surface area contributed by atoms with Crippen LogP contribution in [0.1, 0.15) is 27.4 Å². The molecular weight excluding hydrogens is 452 g/mol. The van der Waals surface area contributed by atoms with Crippen molar-refractivity contribution in [2.24, 2.45) is 0 Å². The molecule has 4 aromatic heterocycles. The van der Waals surface area contributed by atoms with Crippen molar-refractivity contribution in [3.05, 3.63) is 106 Å². The normalized spacial score (nSPS) is 11.1. The Morgan fingerprint density at radius 3 is 2.85 bits per heavy atom. The van der Waals surface area contributed by atoms with Crippen LogP contribution < -0.4 is 11.0 Å². The van der Waals surface area contributed by atoms with Crippen LogP contribution in [0.5, 0.6) is 0 Å². The van der Waals surface area contributed by atoms with Crippen LogP contribution in [-0.2, 0) is 12.3 Å². The molecule has 0 saturated heterocycles. The smallest absolute Gasteiger partial charge is 0.350 e. The van der Waals surface area contributed by atoms with E-state index in [0.717, 1.165) is 17.0 Å². The molecule has 0 unspecified atom stereocenters. The number of nitrogens with one attached hydrogen (secondary N) is 1. The molecule has 1 amide bonds. The molecule has 0 saturated carbocycles. The van der Waals surface area contributed by atoms with Crippen LogP contribution in [0.2, 0.25) is 0 Å². The molecule has 1 N–H and O–H groups in total. The Morgan fingerprint density at radius 1 is 1.12 bits per heavy atom. The van der Waals surface area contributed by atoms with Gasteiger partial charge in [0.2, 0.25) is 0 Å². The van der Waals surface area contributed by atoms with Crippen LogP contribution >= 0.6 is 11.8 Å². The number of aryl methyl sites for hydroxylation is 1. The quantitative estimate of drug-likeness (QED) is 0.359. The SMILES string of the molecule is Cc1cc(CSc2ncccc2C(=O)Nc2cccc(Cn3nc4ccccn4c3=O)c2)no1. The average molecular weight is 473 g/mol. The van der Waals surface area contributed by atoms with Gasteiger partial charge in [-0.15, -0.1) is 5.10 Å². The van der Waals surface area contributed by atoms with Crippen LogP contribution in [0.15, 0.2) is 87.4 Å². The highest BCUT2D eigenvalue weighted by Gasteiger charge is 2.15. The monoisotopic (exact) mass is 472 g/mol. The molecule has 1 aromatic carbocycles. The van der Waals surface area contributed by atoms with E-state index in [1.165, 1.54) is 20.8 Å². The predicted molar refractivity (Wildman–Crippen MR) is 128 cm³/mol. The van der Waals surface area contributed by atoms with Gasteiger partial charge in [0, 0.05) is 29.9 Å². The maximum absolute atomic E-state index is 13.0. The Labute approximate surface area is 198 Å². The van der Waals surface area contributed by atoms with Gasteiger partial charge in [-0.1, -0.05) is 35.1 Å². The summed E-state index contributed by atoms with van der Waals surface area (Å²) in [5.74, 6) is 1.01. The lowest BCUT2D eigenvalue weighted by Crippen LogP contribution is -2.21. The van der Waals surface area contributed by atoms with Crippen molar-refractivity contribution in [2.75, 3.05) is 5.32 Å². The summed E-state index contributed by atoms with van der Waals surface area (Å²) in [5.41, 5.74) is 3.07. The third-order valence-corrected chi connectivity index (χ3v) is 6.09. The molecule has 0 aliphatic carbocycles. The van der Waals surface area contributed by atoms with Crippen molar-refractivity contribution >= 4 is 29.0 Å². The maximum Gasteiger partial charge on any atom is 0.350 e. The molecule has 9 nitrogen and oxygen atoms in total. The summed E-state index contributed by atoms with van der Waals surface area (Å²) in [6, 6.07) is 18.1. The lowest BCUT2D eigenvalue weighted by atomic mass is 10.2. The van der Waals surface area contributed by atoms with Crippen LogP contribution in [0, 0.1) is 6.92 Å². The highest BCUT2D eigenvalue weighted by Crippen LogP contribution is 2.25. The first-order chi connectivity index (χ1) is 16.6. The van der Waals surface area contributed by atoms with E-state index in [4.69, 9.17) is 4.52 Å². The standard InChI is InChI=1S/C24H20N6O3S/c1-16-12-19(28-33-16)15-34-23-20(8-5-10-25-23)22(31)26-18-7-4-6-17(13-18)14-30-24(32)29-11-3-2-9-21(29)27-30/h2-13H,14-15H2,1H3,(H,26,31).